The van der Waals surface area contributed by atoms with Crippen LogP contribution in [0.25, 0.3) is 5.82 Å². The number of epoxide rings is 1. The zero-order valence-electron chi connectivity index (χ0n) is 9.48. The van der Waals surface area contributed by atoms with E-state index in [9.17, 15) is 4.79 Å². The molecule has 0 bridgehead atoms. The van der Waals surface area contributed by atoms with Crippen molar-refractivity contribution >= 4 is 5.97 Å². The van der Waals surface area contributed by atoms with Crippen LogP contribution in [0.2, 0.25) is 0 Å². The van der Waals surface area contributed by atoms with Crippen molar-refractivity contribution in [1.82, 2.24) is 25.2 Å². The van der Waals surface area contributed by atoms with Crippen molar-refractivity contribution in [2.45, 2.75) is 6.10 Å². The maximum Gasteiger partial charge on any atom is 0.338 e. The van der Waals surface area contributed by atoms with Crippen molar-refractivity contribution < 1.29 is 14.3 Å². The quantitative estimate of drug-likeness (QED) is 0.552. The van der Waals surface area contributed by atoms with Gasteiger partial charge in [-0.3, -0.25) is 0 Å². The van der Waals surface area contributed by atoms with Crippen molar-refractivity contribution in [2.24, 2.45) is 0 Å². The summed E-state index contributed by atoms with van der Waals surface area (Å²) in [4.78, 5) is 15.9. The molecule has 0 radical (unpaired) electrons. The summed E-state index contributed by atoms with van der Waals surface area (Å²) in [6.07, 6.45) is 2.91. The van der Waals surface area contributed by atoms with E-state index in [4.69, 9.17) is 9.47 Å². The highest BCUT2D eigenvalue weighted by atomic mass is 16.6. The Bertz CT molecular complexity index is 579. The molecule has 0 aliphatic carbocycles. The molecule has 92 valence electrons. The van der Waals surface area contributed by atoms with Crippen LogP contribution in [0.4, 0.5) is 0 Å². The van der Waals surface area contributed by atoms with E-state index < -0.39 is 5.97 Å². The lowest BCUT2D eigenvalue weighted by Gasteiger charge is -2.07. The van der Waals surface area contributed by atoms with Gasteiger partial charge in [0.15, 0.2) is 5.82 Å². The Hall–Kier alpha value is -2.35. The van der Waals surface area contributed by atoms with Gasteiger partial charge in [-0.15, -0.1) is 5.10 Å². The second-order valence-corrected chi connectivity index (χ2v) is 3.70. The average molecular weight is 247 g/mol. The first-order valence-corrected chi connectivity index (χ1v) is 5.23. The number of rotatable bonds is 3. The first kappa shape index (κ1) is 10.8. The number of carbonyl (C=O) groups is 1. The molecule has 18 heavy (non-hydrogen) atoms. The summed E-state index contributed by atoms with van der Waals surface area (Å²) in [5, 5.41) is 10.7. The number of tetrazole rings is 1. The smallest absolute Gasteiger partial charge is 0.338 e. The van der Waals surface area contributed by atoms with E-state index in [-0.39, 0.29) is 6.10 Å². The summed E-state index contributed by atoms with van der Waals surface area (Å²) >= 11 is 0. The van der Waals surface area contributed by atoms with Crippen LogP contribution in [-0.2, 0) is 9.47 Å². The minimum Gasteiger partial charge on any atom is -0.465 e. The van der Waals surface area contributed by atoms with Crippen LogP contribution in [0.15, 0.2) is 18.6 Å². The molecule has 1 fully saturated rings. The van der Waals surface area contributed by atoms with Crippen molar-refractivity contribution in [2.75, 3.05) is 13.7 Å². The largest absolute Gasteiger partial charge is 0.465 e. The minimum absolute atomic E-state index is 0.0745. The Labute approximate surface area is 102 Å². The van der Waals surface area contributed by atoms with Gasteiger partial charge in [0.1, 0.15) is 12.4 Å². The third kappa shape index (κ3) is 1.82. The van der Waals surface area contributed by atoms with Crippen LogP contribution in [-0.4, -0.2) is 44.9 Å². The number of hydrogen-bond donors (Lipinski definition) is 0. The number of methoxy groups -OCH3 is 1. The molecule has 1 atom stereocenters. The summed E-state index contributed by atoms with van der Waals surface area (Å²) in [6.45, 7) is 0.593. The molecule has 0 saturated carbocycles. The Morgan fingerprint density at radius 3 is 3.06 bits per heavy atom. The number of esters is 1. The SMILES string of the molecule is COC(=O)c1cc(-n2cnnn2)ncc1[C@H]1CO1. The van der Waals surface area contributed by atoms with Crippen molar-refractivity contribution in [3.05, 3.63) is 29.7 Å². The molecule has 1 aliphatic rings. The summed E-state index contributed by atoms with van der Waals surface area (Å²) in [7, 11) is 1.33. The number of nitrogens with zero attached hydrogens (tertiary/aromatic N) is 5. The Morgan fingerprint density at radius 1 is 1.61 bits per heavy atom. The lowest BCUT2D eigenvalue weighted by Crippen LogP contribution is -2.09. The lowest BCUT2D eigenvalue weighted by atomic mass is 10.1. The van der Waals surface area contributed by atoms with Crippen LogP contribution >= 0.6 is 0 Å². The molecule has 0 N–H and O–H groups in total. The maximum absolute atomic E-state index is 11.7. The molecular formula is C10H9N5O3. The van der Waals surface area contributed by atoms with Gasteiger partial charge in [0.05, 0.1) is 19.3 Å². The van der Waals surface area contributed by atoms with E-state index in [1.807, 2.05) is 0 Å². The van der Waals surface area contributed by atoms with Gasteiger partial charge in [-0.2, -0.15) is 4.68 Å². The third-order valence-corrected chi connectivity index (χ3v) is 2.59. The normalized spacial score (nSPS) is 17.5. The predicted molar refractivity (Wildman–Crippen MR) is 57.0 cm³/mol. The first-order chi connectivity index (χ1) is 8.79. The highest BCUT2D eigenvalue weighted by Crippen LogP contribution is 2.32. The molecule has 2 aromatic heterocycles. The fourth-order valence-electron chi connectivity index (χ4n) is 1.62. The molecule has 0 amide bonds. The minimum atomic E-state index is -0.433. The third-order valence-electron chi connectivity index (χ3n) is 2.59. The standard InChI is InChI=1S/C10H9N5O3/c1-17-10(16)6-2-9(15-5-12-13-14-15)11-3-7(6)8-4-18-8/h2-3,5,8H,4H2,1H3/t8-/m1/s1. The second kappa shape index (κ2) is 4.15. The van der Waals surface area contributed by atoms with Crippen LogP contribution in [0, 0.1) is 0 Å². The van der Waals surface area contributed by atoms with Crippen molar-refractivity contribution in [1.29, 1.82) is 0 Å². The topological polar surface area (TPSA) is 95.3 Å². The van der Waals surface area contributed by atoms with Gasteiger partial charge in [-0.1, -0.05) is 0 Å². The summed E-state index contributed by atoms with van der Waals surface area (Å²) in [6, 6.07) is 1.58. The summed E-state index contributed by atoms with van der Waals surface area (Å²) in [5.74, 6) is 0.0158. The number of pyridine rings is 1. The van der Waals surface area contributed by atoms with Crippen molar-refractivity contribution in [3.8, 4) is 5.82 Å². The van der Waals surface area contributed by atoms with Gasteiger partial charge in [-0.25, -0.2) is 9.78 Å². The molecule has 2 aromatic rings. The molecule has 8 heteroatoms. The highest BCUT2D eigenvalue weighted by Gasteiger charge is 2.30. The van der Waals surface area contributed by atoms with Gasteiger partial charge in [0.2, 0.25) is 0 Å². The van der Waals surface area contributed by atoms with Gasteiger partial charge in [0.25, 0.3) is 0 Å². The van der Waals surface area contributed by atoms with E-state index in [0.29, 0.717) is 18.0 Å². The van der Waals surface area contributed by atoms with Gasteiger partial charge >= 0.3 is 5.97 Å². The Kier molecular flexibility index (Phi) is 2.49. The van der Waals surface area contributed by atoms with E-state index in [1.54, 1.807) is 12.3 Å². The molecule has 0 aromatic carbocycles. The van der Waals surface area contributed by atoms with Crippen LogP contribution in [0.1, 0.15) is 22.0 Å². The molecule has 3 heterocycles. The molecule has 1 aliphatic heterocycles. The molecule has 1 saturated heterocycles. The second-order valence-electron chi connectivity index (χ2n) is 3.70. The predicted octanol–water partition coefficient (Wildman–Crippen LogP) is -0.0848. The van der Waals surface area contributed by atoms with Crippen LogP contribution < -0.4 is 0 Å². The molecule has 0 spiro atoms. The van der Waals surface area contributed by atoms with E-state index in [2.05, 4.69) is 20.5 Å². The molecule has 8 nitrogen and oxygen atoms in total. The van der Waals surface area contributed by atoms with Gasteiger partial charge in [-0.05, 0) is 16.5 Å². The highest BCUT2D eigenvalue weighted by molar-refractivity contribution is 5.91. The molecular weight excluding hydrogens is 238 g/mol. The van der Waals surface area contributed by atoms with E-state index in [1.165, 1.54) is 18.1 Å². The molecule has 3 rings (SSSR count). The fraction of sp³-hybridized carbons (Fsp3) is 0.300. The number of hydrogen-bond acceptors (Lipinski definition) is 7. The zero-order chi connectivity index (χ0) is 12.5. The number of ether oxygens (including phenoxy) is 2. The maximum atomic E-state index is 11.7. The summed E-state index contributed by atoms with van der Waals surface area (Å²) in [5.41, 5.74) is 1.14. The Morgan fingerprint density at radius 2 is 2.44 bits per heavy atom. The summed E-state index contributed by atoms with van der Waals surface area (Å²) < 4.78 is 11.3. The molecule has 0 unspecified atom stereocenters. The number of carbonyl (C=O) groups excluding carboxylic acids is 1. The zero-order valence-corrected chi connectivity index (χ0v) is 9.48. The first-order valence-electron chi connectivity index (χ1n) is 5.23. The van der Waals surface area contributed by atoms with Crippen LogP contribution in [0.5, 0.6) is 0 Å². The Balaban J connectivity index is 2.06. The average Bonchev–Trinajstić information content (AvgIpc) is 3.11. The lowest BCUT2D eigenvalue weighted by molar-refractivity contribution is 0.0598. The van der Waals surface area contributed by atoms with Crippen molar-refractivity contribution in [3.63, 3.8) is 0 Å². The van der Waals surface area contributed by atoms with E-state index in [0.717, 1.165) is 5.56 Å². The van der Waals surface area contributed by atoms with Gasteiger partial charge < -0.3 is 9.47 Å². The van der Waals surface area contributed by atoms with Crippen LogP contribution in [0.3, 0.4) is 0 Å². The van der Waals surface area contributed by atoms with Gasteiger partial charge in [0, 0.05) is 11.8 Å². The monoisotopic (exact) mass is 247 g/mol. The van der Waals surface area contributed by atoms with E-state index >= 15 is 0 Å². The fourth-order valence-corrected chi connectivity index (χ4v) is 1.62. The number of aromatic nitrogens is 5.